The number of carboxylic acids is 1. The number of pyridine rings is 1. The van der Waals surface area contributed by atoms with Crippen LogP contribution in [0.5, 0.6) is 0 Å². The van der Waals surface area contributed by atoms with E-state index in [1.165, 1.54) is 24.4 Å². The standard InChI is InChI=1S/C13H11FN2O3/c14-10-2-1-8-5-9(7-16-11(8)6-10)13(19)15-4-3-12(17)18/h1-2,5-7H,3-4H2,(H,15,19)(H,17,18). The van der Waals surface area contributed by atoms with E-state index in [4.69, 9.17) is 5.11 Å². The molecule has 2 N–H and O–H groups in total. The number of benzene rings is 1. The van der Waals surface area contributed by atoms with Crippen molar-refractivity contribution < 1.29 is 19.1 Å². The van der Waals surface area contributed by atoms with Gasteiger partial charge in [-0.25, -0.2) is 4.39 Å². The molecule has 0 aliphatic carbocycles. The van der Waals surface area contributed by atoms with E-state index in [0.29, 0.717) is 16.5 Å². The molecule has 0 bridgehead atoms. The number of carbonyl (C=O) groups excluding carboxylic acids is 1. The summed E-state index contributed by atoms with van der Waals surface area (Å²) in [4.78, 5) is 26.0. The molecule has 98 valence electrons. The summed E-state index contributed by atoms with van der Waals surface area (Å²) in [6.07, 6.45) is 1.19. The zero-order valence-corrected chi connectivity index (χ0v) is 9.89. The van der Waals surface area contributed by atoms with Crippen molar-refractivity contribution >= 4 is 22.8 Å². The number of hydrogen-bond acceptors (Lipinski definition) is 3. The first kappa shape index (κ1) is 12.9. The number of halogens is 1. The van der Waals surface area contributed by atoms with Gasteiger partial charge in [-0.05, 0) is 18.2 Å². The first-order chi connectivity index (χ1) is 9.06. The maximum absolute atomic E-state index is 13.0. The average Bonchev–Trinajstić information content (AvgIpc) is 2.37. The Morgan fingerprint density at radius 2 is 2.11 bits per heavy atom. The summed E-state index contributed by atoms with van der Waals surface area (Å²) in [5.74, 6) is -1.77. The Balaban J connectivity index is 2.14. The molecule has 0 spiro atoms. The van der Waals surface area contributed by atoms with Crippen molar-refractivity contribution in [3.8, 4) is 0 Å². The van der Waals surface area contributed by atoms with Crippen LogP contribution in [0.2, 0.25) is 0 Å². The molecule has 0 atom stereocenters. The van der Waals surface area contributed by atoms with E-state index in [2.05, 4.69) is 10.3 Å². The Bertz CT molecular complexity index is 643. The van der Waals surface area contributed by atoms with Gasteiger partial charge in [0.05, 0.1) is 17.5 Å². The molecule has 1 aromatic heterocycles. The SMILES string of the molecule is O=C(O)CCNC(=O)c1cnc2cc(F)ccc2c1. The molecule has 2 aromatic rings. The molecule has 0 aliphatic rings. The summed E-state index contributed by atoms with van der Waals surface area (Å²) >= 11 is 0. The molecule has 0 aliphatic heterocycles. The van der Waals surface area contributed by atoms with E-state index < -0.39 is 17.7 Å². The second-order valence-corrected chi connectivity index (χ2v) is 3.96. The first-order valence-corrected chi connectivity index (χ1v) is 5.61. The monoisotopic (exact) mass is 262 g/mol. The van der Waals surface area contributed by atoms with Gasteiger partial charge in [0.2, 0.25) is 0 Å². The van der Waals surface area contributed by atoms with E-state index in [1.54, 1.807) is 6.07 Å². The summed E-state index contributed by atoms with van der Waals surface area (Å²) in [5.41, 5.74) is 0.770. The number of carboxylic acid groups (broad SMARTS) is 1. The van der Waals surface area contributed by atoms with E-state index in [0.717, 1.165) is 0 Å². The molecule has 0 radical (unpaired) electrons. The summed E-state index contributed by atoms with van der Waals surface area (Å²) < 4.78 is 13.0. The third-order valence-electron chi connectivity index (χ3n) is 2.53. The van der Waals surface area contributed by atoms with E-state index in [-0.39, 0.29) is 13.0 Å². The molecule has 0 fully saturated rings. The van der Waals surface area contributed by atoms with Crippen LogP contribution >= 0.6 is 0 Å². The maximum atomic E-state index is 13.0. The minimum Gasteiger partial charge on any atom is -0.481 e. The largest absolute Gasteiger partial charge is 0.481 e. The predicted molar refractivity (Wildman–Crippen MR) is 66.3 cm³/mol. The Labute approximate surface area is 108 Å². The second kappa shape index (κ2) is 5.43. The number of hydrogen-bond donors (Lipinski definition) is 2. The van der Waals surface area contributed by atoms with E-state index >= 15 is 0 Å². The second-order valence-electron chi connectivity index (χ2n) is 3.96. The predicted octanol–water partition coefficient (Wildman–Crippen LogP) is 1.58. The van der Waals surface area contributed by atoms with Crippen LogP contribution in [0.25, 0.3) is 10.9 Å². The van der Waals surface area contributed by atoms with Crippen molar-refractivity contribution in [2.24, 2.45) is 0 Å². The molecule has 6 heteroatoms. The van der Waals surface area contributed by atoms with Gasteiger partial charge in [0, 0.05) is 24.2 Å². The number of nitrogens with zero attached hydrogens (tertiary/aromatic N) is 1. The van der Waals surface area contributed by atoms with Crippen LogP contribution in [0.1, 0.15) is 16.8 Å². The highest BCUT2D eigenvalue weighted by Gasteiger charge is 2.08. The Hall–Kier alpha value is -2.50. The number of aliphatic carboxylic acids is 1. The zero-order valence-electron chi connectivity index (χ0n) is 9.89. The first-order valence-electron chi connectivity index (χ1n) is 5.61. The summed E-state index contributed by atoms with van der Waals surface area (Å²) in [7, 11) is 0. The van der Waals surface area contributed by atoms with Crippen LogP contribution in [0, 0.1) is 5.82 Å². The zero-order chi connectivity index (χ0) is 13.8. The van der Waals surface area contributed by atoms with Crippen LogP contribution in [0.4, 0.5) is 4.39 Å². The minimum atomic E-state index is -0.979. The van der Waals surface area contributed by atoms with Gasteiger partial charge in [-0.1, -0.05) is 0 Å². The van der Waals surface area contributed by atoms with Crippen LogP contribution in [-0.4, -0.2) is 28.5 Å². The summed E-state index contributed by atoms with van der Waals surface area (Å²) in [5, 5.41) is 11.6. The molecule has 2 rings (SSSR count). The number of aromatic nitrogens is 1. The highest BCUT2D eigenvalue weighted by atomic mass is 19.1. The lowest BCUT2D eigenvalue weighted by atomic mass is 10.1. The third-order valence-corrected chi connectivity index (χ3v) is 2.53. The van der Waals surface area contributed by atoms with Gasteiger partial charge in [-0.3, -0.25) is 14.6 Å². The van der Waals surface area contributed by atoms with Crippen LogP contribution < -0.4 is 5.32 Å². The van der Waals surface area contributed by atoms with Gasteiger partial charge >= 0.3 is 5.97 Å². The van der Waals surface area contributed by atoms with Gasteiger partial charge in [-0.2, -0.15) is 0 Å². The summed E-state index contributed by atoms with van der Waals surface area (Å²) in [6, 6.07) is 5.68. The van der Waals surface area contributed by atoms with E-state index in [1.807, 2.05) is 0 Å². The lowest BCUT2D eigenvalue weighted by Crippen LogP contribution is -2.26. The van der Waals surface area contributed by atoms with Crippen molar-refractivity contribution in [3.63, 3.8) is 0 Å². The molecule has 5 nitrogen and oxygen atoms in total. The van der Waals surface area contributed by atoms with Crippen molar-refractivity contribution in [3.05, 3.63) is 41.8 Å². The Morgan fingerprint density at radius 1 is 1.32 bits per heavy atom. The minimum absolute atomic E-state index is 0.0512. The molecule has 1 aromatic carbocycles. The topological polar surface area (TPSA) is 79.3 Å². The van der Waals surface area contributed by atoms with Gasteiger partial charge in [0.15, 0.2) is 0 Å². The lowest BCUT2D eigenvalue weighted by molar-refractivity contribution is -0.136. The molecule has 1 heterocycles. The van der Waals surface area contributed by atoms with Gasteiger partial charge < -0.3 is 10.4 Å². The third kappa shape index (κ3) is 3.25. The van der Waals surface area contributed by atoms with Crippen molar-refractivity contribution in [2.75, 3.05) is 6.54 Å². The number of fused-ring (bicyclic) bond motifs is 1. The number of nitrogens with one attached hydrogen (secondary N) is 1. The molecule has 19 heavy (non-hydrogen) atoms. The molecular weight excluding hydrogens is 251 g/mol. The number of amides is 1. The van der Waals surface area contributed by atoms with Gasteiger partial charge in [-0.15, -0.1) is 0 Å². The molecule has 0 saturated carbocycles. The quantitative estimate of drug-likeness (QED) is 0.876. The fraction of sp³-hybridized carbons (Fsp3) is 0.154. The normalized spacial score (nSPS) is 10.4. The summed E-state index contributed by atoms with van der Waals surface area (Å²) in [6.45, 7) is 0.0512. The Kier molecular flexibility index (Phi) is 3.70. The molecule has 0 unspecified atom stereocenters. The van der Waals surface area contributed by atoms with Crippen molar-refractivity contribution in [1.82, 2.24) is 10.3 Å². The molecule has 0 saturated heterocycles. The van der Waals surface area contributed by atoms with Crippen LogP contribution in [0.15, 0.2) is 30.5 Å². The highest BCUT2D eigenvalue weighted by molar-refractivity contribution is 5.97. The Morgan fingerprint density at radius 3 is 2.84 bits per heavy atom. The van der Waals surface area contributed by atoms with Gasteiger partial charge in [0.25, 0.3) is 5.91 Å². The maximum Gasteiger partial charge on any atom is 0.305 e. The molecular formula is C13H11FN2O3. The van der Waals surface area contributed by atoms with Crippen molar-refractivity contribution in [2.45, 2.75) is 6.42 Å². The smallest absolute Gasteiger partial charge is 0.305 e. The average molecular weight is 262 g/mol. The fourth-order valence-corrected chi connectivity index (χ4v) is 1.60. The number of rotatable bonds is 4. The van der Waals surface area contributed by atoms with Gasteiger partial charge in [0.1, 0.15) is 5.82 Å². The van der Waals surface area contributed by atoms with E-state index in [9.17, 15) is 14.0 Å². The van der Waals surface area contributed by atoms with Crippen molar-refractivity contribution in [1.29, 1.82) is 0 Å². The molecule has 1 amide bonds. The lowest BCUT2D eigenvalue weighted by Gasteiger charge is -2.04. The van der Waals surface area contributed by atoms with Crippen LogP contribution in [0.3, 0.4) is 0 Å². The number of carbonyl (C=O) groups is 2. The van der Waals surface area contributed by atoms with Crippen LogP contribution in [-0.2, 0) is 4.79 Å². The fourth-order valence-electron chi connectivity index (χ4n) is 1.60. The highest BCUT2D eigenvalue weighted by Crippen LogP contribution is 2.14.